The van der Waals surface area contributed by atoms with Gasteiger partial charge in [-0.1, -0.05) is 37.3 Å². The molecule has 1 heterocycles. The van der Waals surface area contributed by atoms with Gasteiger partial charge in [-0.2, -0.15) is 11.8 Å². The highest BCUT2D eigenvalue weighted by Crippen LogP contribution is 2.27. The monoisotopic (exact) mass is 278 g/mol. The predicted octanol–water partition coefficient (Wildman–Crippen LogP) is 3.16. The third-order valence-electron chi connectivity index (χ3n) is 3.77. The summed E-state index contributed by atoms with van der Waals surface area (Å²) < 4.78 is 0. The van der Waals surface area contributed by atoms with Crippen molar-refractivity contribution in [3.05, 3.63) is 35.9 Å². The molecule has 1 aromatic rings. The van der Waals surface area contributed by atoms with Crippen molar-refractivity contribution in [1.82, 2.24) is 10.2 Å². The minimum Gasteiger partial charge on any atom is -0.308 e. The number of rotatable bonds is 5. The molecule has 106 valence electrons. The maximum Gasteiger partial charge on any atom is 0.0451 e. The summed E-state index contributed by atoms with van der Waals surface area (Å²) in [5, 5.41) is 4.62. The average molecular weight is 278 g/mol. The van der Waals surface area contributed by atoms with Gasteiger partial charge in [-0.05, 0) is 38.3 Å². The predicted molar refractivity (Wildman–Crippen MR) is 85.8 cm³/mol. The van der Waals surface area contributed by atoms with Crippen LogP contribution in [0.25, 0.3) is 0 Å². The van der Waals surface area contributed by atoms with Gasteiger partial charge in [-0.3, -0.25) is 0 Å². The molecule has 2 nitrogen and oxygen atoms in total. The molecule has 0 aromatic heterocycles. The van der Waals surface area contributed by atoms with E-state index in [1.54, 1.807) is 0 Å². The van der Waals surface area contributed by atoms with Gasteiger partial charge < -0.3 is 10.2 Å². The van der Waals surface area contributed by atoms with Crippen molar-refractivity contribution in [3.8, 4) is 0 Å². The van der Waals surface area contributed by atoms with Crippen LogP contribution in [0.1, 0.15) is 31.4 Å². The van der Waals surface area contributed by atoms with Crippen molar-refractivity contribution in [3.63, 3.8) is 0 Å². The zero-order valence-electron chi connectivity index (χ0n) is 12.3. The summed E-state index contributed by atoms with van der Waals surface area (Å²) in [5.41, 5.74) is 1.40. The number of thioether (sulfide) groups is 1. The number of benzene rings is 1. The highest BCUT2D eigenvalue weighted by Gasteiger charge is 2.25. The molecule has 1 N–H and O–H groups in total. The van der Waals surface area contributed by atoms with Gasteiger partial charge >= 0.3 is 0 Å². The SMILES string of the molecule is CC1SCCCC1NC(CN(C)C)c1ccccc1. The Morgan fingerprint density at radius 2 is 2.05 bits per heavy atom. The van der Waals surface area contributed by atoms with E-state index >= 15 is 0 Å². The van der Waals surface area contributed by atoms with Crippen LogP contribution in [0.5, 0.6) is 0 Å². The van der Waals surface area contributed by atoms with Crippen LogP contribution in [0.3, 0.4) is 0 Å². The summed E-state index contributed by atoms with van der Waals surface area (Å²) in [4.78, 5) is 2.27. The number of hydrogen-bond donors (Lipinski definition) is 1. The second kappa shape index (κ2) is 7.32. The quantitative estimate of drug-likeness (QED) is 0.890. The summed E-state index contributed by atoms with van der Waals surface area (Å²) in [7, 11) is 4.30. The lowest BCUT2D eigenvalue weighted by molar-refractivity contribution is 0.309. The lowest BCUT2D eigenvalue weighted by Crippen LogP contribution is -2.44. The summed E-state index contributed by atoms with van der Waals surface area (Å²) in [6.45, 7) is 3.41. The molecular weight excluding hydrogens is 252 g/mol. The summed E-state index contributed by atoms with van der Waals surface area (Å²) in [6.07, 6.45) is 2.65. The summed E-state index contributed by atoms with van der Waals surface area (Å²) in [6, 6.07) is 11.9. The molecule has 0 aliphatic carbocycles. The van der Waals surface area contributed by atoms with Gasteiger partial charge in [0.15, 0.2) is 0 Å². The first-order valence-electron chi connectivity index (χ1n) is 7.24. The smallest absolute Gasteiger partial charge is 0.0451 e. The Kier molecular flexibility index (Phi) is 5.74. The summed E-state index contributed by atoms with van der Waals surface area (Å²) >= 11 is 2.11. The van der Waals surface area contributed by atoms with Gasteiger partial charge in [0.25, 0.3) is 0 Å². The number of nitrogens with zero attached hydrogens (tertiary/aromatic N) is 1. The van der Waals surface area contributed by atoms with E-state index < -0.39 is 0 Å². The largest absolute Gasteiger partial charge is 0.308 e. The lowest BCUT2D eigenvalue weighted by Gasteiger charge is -2.34. The molecule has 0 amide bonds. The van der Waals surface area contributed by atoms with Crippen LogP contribution in [0.4, 0.5) is 0 Å². The van der Waals surface area contributed by atoms with Crippen LogP contribution in [-0.4, -0.2) is 42.6 Å². The first kappa shape index (κ1) is 14.9. The third kappa shape index (κ3) is 4.51. The van der Waals surface area contributed by atoms with Crippen molar-refractivity contribution in [2.45, 2.75) is 37.1 Å². The van der Waals surface area contributed by atoms with Crippen molar-refractivity contribution < 1.29 is 0 Å². The topological polar surface area (TPSA) is 15.3 Å². The van der Waals surface area contributed by atoms with Gasteiger partial charge in [0.2, 0.25) is 0 Å². The fourth-order valence-corrected chi connectivity index (χ4v) is 3.86. The van der Waals surface area contributed by atoms with E-state index in [9.17, 15) is 0 Å². The van der Waals surface area contributed by atoms with Crippen LogP contribution in [0.15, 0.2) is 30.3 Å². The number of hydrogen-bond acceptors (Lipinski definition) is 3. The average Bonchev–Trinajstić information content (AvgIpc) is 2.41. The molecule has 0 spiro atoms. The molecule has 0 radical (unpaired) electrons. The Morgan fingerprint density at radius 3 is 2.68 bits per heavy atom. The molecule has 19 heavy (non-hydrogen) atoms. The molecule has 1 aliphatic rings. The zero-order valence-corrected chi connectivity index (χ0v) is 13.1. The molecule has 0 bridgehead atoms. The first-order chi connectivity index (χ1) is 9.16. The maximum absolute atomic E-state index is 3.89. The fourth-order valence-electron chi connectivity index (χ4n) is 2.71. The first-order valence-corrected chi connectivity index (χ1v) is 8.29. The van der Waals surface area contributed by atoms with E-state index in [2.05, 4.69) is 73.3 Å². The van der Waals surface area contributed by atoms with Crippen molar-refractivity contribution in [1.29, 1.82) is 0 Å². The zero-order chi connectivity index (χ0) is 13.7. The van der Waals surface area contributed by atoms with E-state index in [0.29, 0.717) is 12.1 Å². The third-order valence-corrected chi connectivity index (χ3v) is 5.15. The highest BCUT2D eigenvalue weighted by molar-refractivity contribution is 7.99. The van der Waals surface area contributed by atoms with Crippen molar-refractivity contribution >= 4 is 11.8 Å². The lowest BCUT2D eigenvalue weighted by atomic mass is 10.0. The van der Waals surface area contributed by atoms with E-state index in [4.69, 9.17) is 0 Å². The van der Waals surface area contributed by atoms with Crippen molar-refractivity contribution in [2.75, 3.05) is 26.4 Å². The molecular formula is C16H26N2S. The molecule has 1 saturated heterocycles. The Balaban J connectivity index is 2.05. The van der Waals surface area contributed by atoms with Gasteiger partial charge in [0.05, 0.1) is 0 Å². The molecule has 1 fully saturated rings. The van der Waals surface area contributed by atoms with Crippen LogP contribution in [0, 0.1) is 0 Å². The van der Waals surface area contributed by atoms with Crippen LogP contribution in [-0.2, 0) is 0 Å². The minimum absolute atomic E-state index is 0.433. The standard InChI is InChI=1S/C16H26N2S/c1-13-15(10-7-11-19-13)17-16(12-18(2)3)14-8-5-4-6-9-14/h4-6,8-9,13,15-17H,7,10-12H2,1-3H3. The fraction of sp³-hybridized carbons (Fsp3) is 0.625. The van der Waals surface area contributed by atoms with Crippen LogP contribution >= 0.6 is 11.8 Å². The van der Waals surface area contributed by atoms with E-state index in [1.165, 1.54) is 24.2 Å². The molecule has 3 atom stereocenters. The van der Waals surface area contributed by atoms with Gasteiger partial charge in [0.1, 0.15) is 0 Å². The van der Waals surface area contributed by atoms with E-state index in [0.717, 1.165) is 11.8 Å². The van der Waals surface area contributed by atoms with Crippen LogP contribution < -0.4 is 5.32 Å². The minimum atomic E-state index is 0.433. The molecule has 3 unspecified atom stereocenters. The van der Waals surface area contributed by atoms with E-state index in [1.807, 2.05) is 0 Å². The molecule has 3 heteroatoms. The Morgan fingerprint density at radius 1 is 1.32 bits per heavy atom. The maximum atomic E-state index is 3.89. The molecule has 1 aliphatic heterocycles. The van der Waals surface area contributed by atoms with E-state index in [-0.39, 0.29) is 0 Å². The van der Waals surface area contributed by atoms with Crippen LogP contribution in [0.2, 0.25) is 0 Å². The molecule has 1 aromatic carbocycles. The Labute approximate surface area is 122 Å². The number of nitrogens with one attached hydrogen (secondary N) is 1. The van der Waals surface area contributed by atoms with Gasteiger partial charge in [0, 0.05) is 23.9 Å². The highest BCUT2D eigenvalue weighted by atomic mass is 32.2. The van der Waals surface area contributed by atoms with Gasteiger partial charge in [-0.25, -0.2) is 0 Å². The molecule has 2 rings (SSSR count). The Bertz CT molecular complexity index is 366. The molecule has 0 saturated carbocycles. The second-order valence-electron chi connectivity index (χ2n) is 5.72. The summed E-state index contributed by atoms with van der Waals surface area (Å²) in [5.74, 6) is 1.32. The van der Waals surface area contributed by atoms with Crippen molar-refractivity contribution in [2.24, 2.45) is 0 Å². The number of likely N-dealkylation sites (N-methyl/N-ethyl adjacent to an activating group) is 1. The Hall–Kier alpha value is -0.510. The van der Waals surface area contributed by atoms with Gasteiger partial charge in [-0.15, -0.1) is 0 Å². The normalized spacial score (nSPS) is 25.5. The second-order valence-corrected chi connectivity index (χ2v) is 7.20.